The Hall–Kier alpha value is -1.59. The van der Waals surface area contributed by atoms with Crippen LogP contribution >= 0.6 is 11.3 Å². The maximum atomic E-state index is 12.5. The molecule has 21 heavy (non-hydrogen) atoms. The van der Waals surface area contributed by atoms with Crippen molar-refractivity contribution >= 4 is 17.2 Å². The van der Waals surface area contributed by atoms with Gasteiger partial charge in [0.1, 0.15) is 5.69 Å². The number of thiophene rings is 1. The van der Waals surface area contributed by atoms with Crippen molar-refractivity contribution in [3.63, 3.8) is 0 Å². The van der Waals surface area contributed by atoms with Gasteiger partial charge in [-0.1, -0.05) is 6.07 Å². The van der Waals surface area contributed by atoms with Gasteiger partial charge >= 0.3 is 0 Å². The summed E-state index contributed by atoms with van der Waals surface area (Å²) >= 11 is 1.72. The van der Waals surface area contributed by atoms with E-state index in [-0.39, 0.29) is 11.9 Å². The summed E-state index contributed by atoms with van der Waals surface area (Å²) in [5.74, 6) is 0.0251. The number of hydrogen-bond acceptors (Lipinski definition) is 3. The van der Waals surface area contributed by atoms with E-state index in [4.69, 9.17) is 0 Å². The van der Waals surface area contributed by atoms with Gasteiger partial charge in [-0.05, 0) is 49.9 Å². The third-order valence-electron chi connectivity index (χ3n) is 4.05. The first-order valence-electron chi connectivity index (χ1n) is 7.46. The first kappa shape index (κ1) is 14.4. The summed E-state index contributed by atoms with van der Waals surface area (Å²) in [5.41, 5.74) is 0.737. The molecule has 3 heterocycles. The summed E-state index contributed by atoms with van der Waals surface area (Å²) in [6.07, 6.45) is 4.13. The number of amides is 1. The topological polar surface area (TPSA) is 46.1 Å². The molecule has 0 aromatic carbocycles. The van der Waals surface area contributed by atoms with Crippen molar-refractivity contribution in [2.24, 2.45) is 0 Å². The fraction of sp³-hybridized carbons (Fsp3) is 0.438. The lowest BCUT2D eigenvalue weighted by Gasteiger charge is -2.30. The van der Waals surface area contributed by atoms with Crippen molar-refractivity contribution in [1.29, 1.82) is 0 Å². The molecule has 5 heteroatoms. The third kappa shape index (κ3) is 3.36. The molecule has 2 aromatic heterocycles. The molecule has 1 saturated heterocycles. The number of carbonyl (C=O) groups is 1. The lowest BCUT2D eigenvalue weighted by molar-refractivity contribution is 0.0911. The molecule has 0 saturated carbocycles. The second-order valence-corrected chi connectivity index (χ2v) is 6.60. The molecule has 2 N–H and O–H groups in total. The average Bonchev–Trinajstić information content (AvgIpc) is 3.13. The van der Waals surface area contributed by atoms with E-state index < -0.39 is 0 Å². The lowest BCUT2D eigenvalue weighted by atomic mass is 10.00. The minimum absolute atomic E-state index is 0.0251. The Morgan fingerprint density at radius 2 is 2.38 bits per heavy atom. The molecule has 1 aliphatic heterocycles. The first-order chi connectivity index (χ1) is 10.2. The highest BCUT2D eigenvalue weighted by Crippen LogP contribution is 2.14. The van der Waals surface area contributed by atoms with Gasteiger partial charge in [0.15, 0.2) is 0 Å². The fourth-order valence-corrected chi connectivity index (χ4v) is 3.51. The van der Waals surface area contributed by atoms with Crippen LogP contribution in [0.15, 0.2) is 35.8 Å². The third-order valence-corrected chi connectivity index (χ3v) is 4.91. The summed E-state index contributed by atoms with van der Waals surface area (Å²) in [4.78, 5) is 13.8. The second-order valence-electron chi connectivity index (χ2n) is 5.57. The smallest absolute Gasteiger partial charge is 0.268 e. The lowest BCUT2D eigenvalue weighted by Crippen LogP contribution is -2.52. The predicted molar refractivity (Wildman–Crippen MR) is 85.8 cm³/mol. The number of hydrogen-bond donors (Lipinski definition) is 2. The minimum Gasteiger partial charge on any atom is -0.346 e. The van der Waals surface area contributed by atoms with Gasteiger partial charge in [-0.15, -0.1) is 11.3 Å². The van der Waals surface area contributed by atoms with E-state index in [9.17, 15) is 4.79 Å². The monoisotopic (exact) mass is 303 g/mol. The zero-order chi connectivity index (χ0) is 14.7. The van der Waals surface area contributed by atoms with Crippen molar-refractivity contribution < 1.29 is 4.79 Å². The molecule has 0 spiro atoms. The molecule has 0 bridgehead atoms. The van der Waals surface area contributed by atoms with E-state index in [2.05, 4.69) is 29.0 Å². The van der Waals surface area contributed by atoms with E-state index >= 15 is 0 Å². The van der Waals surface area contributed by atoms with Crippen molar-refractivity contribution in [2.45, 2.75) is 38.4 Å². The molecule has 4 nitrogen and oxygen atoms in total. The molecular weight excluding hydrogens is 282 g/mol. The molecule has 1 aliphatic rings. The van der Waals surface area contributed by atoms with Crippen LogP contribution in [0.5, 0.6) is 0 Å². The van der Waals surface area contributed by atoms with Crippen molar-refractivity contribution in [2.75, 3.05) is 6.54 Å². The predicted octanol–water partition coefficient (Wildman–Crippen LogP) is 2.47. The Morgan fingerprint density at radius 1 is 1.48 bits per heavy atom. The number of carbonyl (C=O) groups excluding carboxylic acids is 1. The molecule has 0 aliphatic carbocycles. The highest BCUT2D eigenvalue weighted by molar-refractivity contribution is 7.09. The molecule has 112 valence electrons. The Labute approximate surface area is 129 Å². The summed E-state index contributed by atoms with van der Waals surface area (Å²) in [7, 11) is 0. The molecular formula is C16H21N3OS. The van der Waals surface area contributed by atoms with Crippen LogP contribution in [0, 0.1) is 0 Å². The van der Waals surface area contributed by atoms with Gasteiger partial charge in [0.25, 0.3) is 5.91 Å². The Balaban J connectivity index is 1.68. The molecule has 0 radical (unpaired) electrons. The van der Waals surface area contributed by atoms with Crippen LogP contribution in [0.1, 0.15) is 35.1 Å². The Kier molecular flexibility index (Phi) is 4.41. The number of nitrogens with one attached hydrogen (secondary N) is 2. The standard InChI is InChI=1S/C16H21N3OS/c1-12-14(6-2-8-17-12)18-16(20)15-7-3-9-19(15)11-13-5-4-10-21-13/h3-5,7,9-10,12,14,17H,2,6,8,11H2,1H3,(H,18,20). The van der Waals surface area contributed by atoms with Gasteiger partial charge in [0.2, 0.25) is 0 Å². The SMILES string of the molecule is CC1NCCCC1NC(=O)c1cccn1Cc1cccs1. The van der Waals surface area contributed by atoms with Crippen LogP contribution in [-0.4, -0.2) is 29.1 Å². The van der Waals surface area contributed by atoms with E-state index in [1.165, 1.54) is 4.88 Å². The van der Waals surface area contributed by atoms with Crippen LogP contribution < -0.4 is 10.6 Å². The quantitative estimate of drug-likeness (QED) is 0.911. The zero-order valence-corrected chi connectivity index (χ0v) is 13.0. The summed E-state index contributed by atoms with van der Waals surface area (Å²) < 4.78 is 2.02. The number of aromatic nitrogens is 1. The highest BCUT2D eigenvalue weighted by Gasteiger charge is 2.23. The van der Waals surface area contributed by atoms with Crippen molar-refractivity contribution in [3.8, 4) is 0 Å². The van der Waals surface area contributed by atoms with Gasteiger partial charge in [-0.3, -0.25) is 4.79 Å². The number of rotatable bonds is 4. The number of piperidine rings is 1. The van der Waals surface area contributed by atoms with Gasteiger partial charge in [-0.25, -0.2) is 0 Å². The number of nitrogens with zero attached hydrogens (tertiary/aromatic N) is 1. The fourth-order valence-electron chi connectivity index (χ4n) is 2.81. The zero-order valence-electron chi connectivity index (χ0n) is 12.2. The van der Waals surface area contributed by atoms with Gasteiger partial charge < -0.3 is 15.2 Å². The van der Waals surface area contributed by atoms with Crippen LogP contribution in [-0.2, 0) is 6.54 Å². The van der Waals surface area contributed by atoms with E-state index in [0.29, 0.717) is 6.04 Å². The van der Waals surface area contributed by atoms with E-state index in [0.717, 1.165) is 31.6 Å². The van der Waals surface area contributed by atoms with Crippen molar-refractivity contribution in [3.05, 3.63) is 46.4 Å². The van der Waals surface area contributed by atoms with Crippen molar-refractivity contribution in [1.82, 2.24) is 15.2 Å². The average molecular weight is 303 g/mol. The van der Waals surface area contributed by atoms with Gasteiger partial charge in [0.05, 0.1) is 6.54 Å². The first-order valence-corrected chi connectivity index (χ1v) is 8.34. The summed E-state index contributed by atoms with van der Waals surface area (Å²) in [6.45, 7) is 3.93. The highest BCUT2D eigenvalue weighted by atomic mass is 32.1. The van der Waals surface area contributed by atoms with Gasteiger partial charge in [0, 0.05) is 23.2 Å². The molecule has 3 rings (SSSR count). The molecule has 2 unspecified atom stereocenters. The maximum absolute atomic E-state index is 12.5. The molecule has 2 aromatic rings. The second kappa shape index (κ2) is 6.45. The van der Waals surface area contributed by atoms with Crippen LogP contribution in [0.4, 0.5) is 0 Å². The normalized spacial score (nSPS) is 22.1. The molecule has 2 atom stereocenters. The minimum atomic E-state index is 0.0251. The Morgan fingerprint density at radius 3 is 3.14 bits per heavy atom. The van der Waals surface area contributed by atoms with E-state index in [1.807, 2.05) is 29.0 Å². The molecule has 1 fully saturated rings. The molecule has 1 amide bonds. The summed E-state index contributed by atoms with van der Waals surface area (Å²) in [5, 5.41) is 8.65. The maximum Gasteiger partial charge on any atom is 0.268 e. The summed E-state index contributed by atoms with van der Waals surface area (Å²) in [6, 6.07) is 8.52. The Bertz CT molecular complexity index is 590. The largest absolute Gasteiger partial charge is 0.346 e. The van der Waals surface area contributed by atoms with Gasteiger partial charge in [-0.2, -0.15) is 0 Å². The van der Waals surface area contributed by atoms with Crippen LogP contribution in [0.2, 0.25) is 0 Å². The van der Waals surface area contributed by atoms with E-state index in [1.54, 1.807) is 11.3 Å². The van der Waals surface area contributed by atoms with Crippen LogP contribution in [0.25, 0.3) is 0 Å². The van der Waals surface area contributed by atoms with Crippen LogP contribution in [0.3, 0.4) is 0 Å².